The van der Waals surface area contributed by atoms with Gasteiger partial charge in [-0.3, -0.25) is 0 Å². The Morgan fingerprint density at radius 1 is 1.40 bits per heavy atom. The highest BCUT2D eigenvalue weighted by Gasteiger charge is 2.09. The molecular formula is C10H11BrN4. The van der Waals surface area contributed by atoms with E-state index in [0.717, 1.165) is 28.4 Å². The molecule has 0 N–H and O–H groups in total. The molecule has 15 heavy (non-hydrogen) atoms. The van der Waals surface area contributed by atoms with Gasteiger partial charge in [0.05, 0.1) is 0 Å². The monoisotopic (exact) mass is 266 g/mol. The standard InChI is InChI=1S/C10H11BrN4/c1-7-13-8(2)15(14-7)10-9(6-11)4-3-5-12-10/h3-5H,6H2,1-2H3. The van der Waals surface area contributed by atoms with Crippen molar-refractivity contribution in [2.75, 3.05) is 0 Å². The summed E-state index contributed by atoms with van der Waals surface area (Å²) in [6.45, 7) is 3.80. The largest absolute Gasteiger partial charge is 0.237 e. The van der Waals surface area contributed by atoms with Gasteiger partial charge < -0.3 is 0 Å². The van der Waals surface area contributed by atoms with Gasteiger partial charge in [-0.15, -0.1) is 5.10 Å². The fourth-order valence-corrected chi connectivity index (χ4v) is 1.88. The molecule has 0 spiro atoms. The van der Waals surface area contributed by atoms with E-state index in [1.165, 1.54) is 0 Å². The van der Waals surface area contributed by atoms with Crippen LogP contribution in [0.1, 0.15) is 17.2 Å². The van der Waals surface area contributed by atoms with Gasteiger partial charge in [0, 0.05) is 17.1 Å². The Bertz CT molecular complexity index is 478. The molecule has 0 unspecified atom stereocenters. The lowest BCUT2D eigenvalue weighted by Gasteiger charge is -2.05. The summed E-state index contributed by atoms with van der Waals surface area (Å²) in [4.78, 5) is 8.58. The number of alkyl halides is 1. The highest BCUT2D eigenvalue weighted by Crippen LogP contribution is 2.15. The third kappa shape index (κ3) is 1.92. The van der Waals surface area contributed by atoms with Gasteiger partial charge >= 0.3 is 0 Å². The topological polar surface area (TPSA) is 43.6 Å². The predicted octanol–water partition coefficient (Wildman–Crippen LogP) is 2.17. The first-order valence-electron chi connectivity index (χ1n) is 4.63. The quantitative estimate of drug-likeness (QED) is 0.783. The van der Waals surface area contributed by atoms with Crippen LogP contribution in [0.15, 0.2) is 18.3 Å². The molecule has 78 valence electrons. The van der Waals surface area contributed by atoms with Crippen LogP contribution < -0.4 is 0 Å². The van der Waals surface area contributed by atoms with Gasteiger partial charge in [-0.25, -0.2) is 9.97 Å². The second-order valence-electron chi connectivity index (χ2n) is 3.24. The van der Waals surface area contributed by atoms with E-state index in [1.54, 1.807) is 10.9 Å². The van der Waals surface area contributed by atoms with Gasteiger partial charge in [0.2, 0.25) is 0 Å². The van der Waals surface area contributed by atoms with E-state index in [9.17, 15) is 0 Å². The molecule has 0 aromatic carbocycles. The Morgan fingerprint density at radius 2 is 2.20 bits per heavy atom. The molecule has 0 fully saturated rings. The van der Waals surface area contributed by atoms with Gasteiger partial charge in [-0.1, -0.05) is 22.0 Å². The molecule has 0 atom stereocenters. The highest BCUT2D eigenvalue weighted by molar-refractivity contribution is 9.08. The van der Waals surface area contributed by atoms with Crippen molar-refractivity contribution >= 4 is 15.9 Å². The number of halogens is 1. The van der Waals surface area contributed by atoms with Crippen LogP contribution in [0.4, 0.5) is 0 Å². The molecule has 2 aromatic rings. The maximum absolute atomic E-state index is 4.32. The van der Waals surface area contributed by atoms with Crippen molar-refractivity contribution in [1.82, 2.24) is 19.7 Å². The summed E-state index contributed by atoms with van der Waals surface area (Å²) in [5.41, 5.74) is 1.10. The number of aromatic nitrogens is 4. The molecule has 5 heteroatoms. The molecule has 0 bridgehead atoms. The lowest BCUT2D eigenvalue weighted by atomic mass is 10.3. The Labute approximate surface area is 96.5 Å². The minimum atomic E-state index is 0.758. The second kappa shape index (κ2) is 4.10. The Balaban J connectivity index is 2.58. The summed E-state index contributed by atoms with van der Waals surface area (Å²) in [5, 5.41) is 5.07. The molecule has 0 saturated heterocycles. The zero-order valence-electron chi connectivity index (χ0n) is 8.61. The minimum absolute atomic E-state index is 0.758. The van der Waals surface area contributed by atoms with E-state index in [1.807, 2.05) is 26.0 Å². The third-order valence-electron chi connectivity index (χ3n) is 2.09. The summed E-state index contributed by atoms with van der Waals surface area (Å²) in [5.74, 6) is 2.46. The van der Waals surface area contributed by atoms with Crippen LogP contribution in [0.3, 0.4) is 0 Å². The summed E-state index contributed by atoms with van der Waals surface area (Å²) < 4.78 is 1.77. The van der Waals surface area contributed by atoms with E-state index in [4.69, 9.17) is 0 Å². The SMILES string of the molecule is Cc1nc(C)n(-c2ncccc2CBr)n1. The van der Waals surface area contributed by atoms with Crippen molar-refractivity contribution in [2.45, 2.75) is 19.2 Å². The van der Waals surface area contributed by atoms with Crippen molar-refractivity contribution in [3.63, 3.8) is 0 Å². The zero-order valence-corrected chi connectivity index (χ0v) is 10.2. The molecule has 0 amide bonds. The highest BCUT2D eigenvalue weighted by atomic mass is 79.9. The zero-order chi connectivity index (χ0) is 10.8. The third-order valence-corrected chi connectivity index (χ3v) is 2.69. The lowest BCUT2D eigenvalue weighted by Crippen LogP contribution is -2.05. The van der Waals surface area contributed by atoms with Gasteiger partial charge in [0.15, 0.2) is 5.82 Å². The Kier molecular flexibility index (Phi) is 2.81. The van der Waals surface area contributed by atoms with E-state index in [2.05, 4.69) is 31.0 Å². The van der Waals surface area contributed by atoms with Crippen molar-refractivity contribution < 1.29 is 0 Å². The number of hydrogen-bond acceptors (Lipinski definition) is 3. The predicted molar refractivity (Wildman–Crippen MR) is 61.3 cm³/mol. The number of nitrogens with zero attached hydrogens (tertiary/aromatic N) is 4. The molecule has 0 aliphatic carbocycles. The Hall–Kier alpha value is -1.23. The molecule has 0 aliphatic rings. The van der Waals surface area contributed by atoms with Crippen molar-refractivity contribution in [2.24, 2.45) is 0 Å². The van der Waals surface area contributed by atoms with E-state index < -0.39 is 0 Å². The van der Waals surface area contributed by atoms with E-state index in [0.29, 0.717) is 0 Å². The summed E-state index contributed by atoms with van der Waals surface area (Å²) in [6.07, 6.45) is 1.76. The number of pyridine rings is 1. The van der Waals surface area contributed by atoms with Crippen LogP contribution in [0.5, 0.6) is 0 Å². The van der Waals surface area contributed by atoms with E-state index >= 15 is 0 Å². The van der Waals surface area contributed by atoms with Crippen molar-refractivity contribution in [1.29, 1.82) is 0 Å². The van der Waals surface area contributed by atoms with Gasteiger partial charge in [-0.2, -0.15) is 4.68 Å². The number of hydrogen-bond donors (Lipinski definition) is 0. The van der Waals surface area contributed by atoms with Crippen molar-refractivity contribution in [3.8, 4) is 5.82 Å². The minimum Gasteiger partial charge on any atom is -0.237 e. The fourth-order valence-electron chi connectivity index (χ4n) is 1.45. The van der Waals surface area contributed by atoms with Crippen molar-refractivity contribution in [3.05, 3.63) is 35.5 Å². The molecule has 2 heterocycles. The van der Waals surface area contributed by atoms with Gasteiger partial charge in [0.25, 0.3) is 0 Å². The van der Waals surface area contributed by atoms with Gasteiger partial charge in [-0.05, 0) is 19.9 Å². The first-order valence-corrected chi connectivity index (χ1v) is 5.75. The number of aryl methyl sites for hydroxylation is 2. The van der Waals surface area contributed by atoms with Crippen LogP contribution >= 0.6 is 15.9 Å². The van der Waals surface area contributed by atoms with Crippen LogP contribution in [0.2, 0.25) is 0 Å². The molecule has 0 radical (unpaired) electrons. The van der Waals surface area contributed by atoms with E-state index in [-0.39, 0.29) is 0 Å². The maximum atomic E-state index is 4.32. The summed E-state index contributed by atoms with van der Waals surface area (Å²) in [7, 11) is 0. The fraction of sp³-hybridized carbons (Fsp3) is 0.300. The molecule has 0 saturated carbocycles. The summed E-state index contributed by atoms with van der Waals surface area (Å²) in [6, 6.07) is 3.94. The maximum Gasteiger partial charge on any atom is 0.159 e. The molecule has 2 aromatic heterocycles. The number of rotatable bonds is 2. The summed E-state index contributed by atoms with van der Waals surface area (Å²) >= 11 is 3.44. The second-order valence-corrected chi connectivity index (χ2v) is 3.80. The average Bonchev–Trinajstić information content (AvgIpc) is 2.57. The van der Waals surface area contributed by atoms with Crippen LogP contribution in [0.25, 0.3) is 5.82 Å². The normalized spacial score (nSPS) is 10.6. The smallest absolute Gasteiger partial charge is 0.159 e. The molecule has 2 rings (SSSR count). The average molecular weight is 267 g/mol. The molecule has 4 nitrogen and oxygen atoms in total. The molecule has 0 aliphatic heterocycles. The van der Waals surface area contributed by atoms with Gasteiger partial charge in [0.1, 0.15) is 11.6 Å². The van der Waals surface area contributed by atoms with Crippen LogP contribution in [0, 0.1) is 13.8 Å². The molecular weight excluding hydrogens is 256 g/mol. The Morgan fingerprint density at radius 3 is 2.80 bits per heavy atom. The first kappa shape index (κ1) is 10.3. The van der Waals surface area contributed by atoms with Crippen LogP contribution in [-0.4, -0.2) is 19.7 Å². The lowest BCUT2D eigenvalue weighted by molar-refractivity contribution is 0.795. The first-order chi connectivity index (χ1) is 7.22. The van der Waals surface area contributed by atoms with Crippen LogP contribution in [-0.2, 0) is 5.33 Å².